The second-order valence-corrected chi connectivity index (χ2v) is 11.3. The van der Waals surface area contributed by atoms with E-state index in [1.165, 1.54) is 37.3 Å². The third-order valence-electron chi connectivity index (χ3n) is 5.28. The number of para-hydroxylation sites is 1. The van der Waals surface area contributed by atoms with Crippen LogP contribution in [0, 0.1) is 5.82 Å². The molecule has 0 aromatic heterocycles. The zero-order valence-electron chi connectivity index (χ0n) is 17.7. The fourth-order valence-corrected chi connectivity index (χ4v) is 5.71. The van der Waals surface area contributed by atoms with Gasteiger partial charge in [0.25, 0.3) is 10.0 Å². The van der Waals surface area contributed by atoms with E-state index in [9.17, 15) is 21.2 Å². The van der Waals surface area contributed by atoms with Crippen molar-refractivity contribution in [2.75, 3.05) is 10.5 Å². The van der Waals surface area contributed by atoms with E-state index >= 15 is 0 Å². The van der Waals surface area contributed by atoms with Gasteiger partial charge in [0.2, 0.25) is 10.0 Å². The first kappa shape index (κ1) is 22.9. The molecule has 0 bridgehead atoms. The summed E-state index contributed by atoms with van der Waals surface area (Å²) in [4.78, 5) is 0.0522. The number of hydrogen-bond donors (Lipinski definition) is 1. The fourth-order valence-electron chi connectivity index (χ4n) is 3.60. The Balaban J connectivity index is 1.83. The first-order valence-electron chi connectivity index (χ1n) is 10.2. The lowest BCUT2D eigenvalue weighted by molar-refractivity contribution is 0.370. The van der Waals surface area contributed by atoms with E-state index < -0.39 is 31.9 Å². The van der Waals surface area contributed by atoms with Gasteiger partial charge in [0, 0.05) is 12.0 Å². The van der Waals surface area contributed by atoms with Crippen LogP contribution in [0.25, 0.3) is 0 Å². The Morgan fingerprint density at radius 2 is 1.67 bits per heavy atom. The van der Waals surface area contributed by atoms with Crippen molar-refractivity contribution in [1.82, 2.24) is 4.41 Å². The Morgan fingerprint density at radius 3 is 2.36 bits per heavy atom. The van der Waals surface area contributed by atoms with Crippen LogP contribution in [0.3, 0.4) is 0 Å². The number of sulfonamides is 2. The van der Waals surface area contributed by atoms with Crippen molar-refractivity contribution in [2.45, 2.75) is 24.3 Å². The van der Waals surface area contributed by atoms with Crippen molar-refractivity contribution >= 4 is 31.4 Å². The van der Waals surface area contributed by atoms with Gasteiger partial charge >= 0.3 is 0 Å². The predicted molar refractivity (Wildman–Crippen MR) is 125 cm³/mol. The monoisotopic (exact) mass is 487 g/mol. The van der Waals surface area contributed by atoms with Crippen LogP contribution in [-0.4, -0.2) is 32.7 Å². The van der Waals surface area contributed by atoms with Crippen LogP contribution < -0.4 is 4.72 Å². The van der Waals surface area contributed by atoms with E-state index in [0.29, 0.717) is 22.5 Å². The zero-order valence-corrected chi connectivity index (χ0v) is 19.4. The number of benzene rings is 3. The van der Waals surface area contributed by atoms with Crippen LogP contribution >= 0.6 is 0 Å². The van der Waals surface area contributed by atoms with E-state index in [1.807, 2.05) is 0 Å². The highest BCUT2D eigenvalue weighted by Crippen LogP contribution is 2.38. The molecule has 0 fully saturated rings. The minimum atomic E-state index is -4.06. The maximum absolute atomic E-state index is 14.0. The third kappa shape index (κ3) is 4.76. The topological polar surface area (TPSA) is 95.9 Å². The van der Waals surface area contributed by atoms with Crippen LogP contribution in [0.15, 0.2) is 88.9 Å². The summed E-state index contributed by atoms with van der Waals surface area (Å²) < 4.78 is 68.7. The smallest absolute Gasteiger partial charge is 0.279 e. The van der Waals surface area contributed by atoms with E-state index in [0.717, 1.165) is 4.41 Å². The summed E-state index contributed by atoms with van der Waals surface area (Å²) in [7, 11) is -7.62. The van der Waals surface area contributed by atoms with Crippen molar-refractivity contribution in [3.8, 4) is 0 Å². The van der Waals surface area contributed by atoms with Gasteiger partial charge in [-0.1, -0.05) is 48.5 Å². The lowest BCUT2D eigenvalue weighted by Crippen LogP contribution is -2.27. The average Bonchev–Trinajstić information content (AvgIpc) is 3.26. The van der Waals surface area contributed by atoms with Gasteiger partial charge in [0.1, 0.15) is 5.82 Å². The summed E-state index contributed by atoms with van der Waals surface area (Å²) in [5.74, 6) is -0.608. The van der Waals surface area contributed by atoms with Gasteiger partial charge in [0.05, 0.1) is 28.1 Å². The third-order valence-corrected chi connectivity index (χ3v) is 8.26. The first-order chi connectivity index (χ1) is 15.7. The molecule has 0 aliphatic carbocycles. The zero-order chi connectivity index (χ0) is 23.6. The maximum Gasteiger partial charge on any atom is 0.279 e. The molecule has 1 aliphatic heterocycles. The van der Waals surface area contributed by atoms with Crippen LogP contribution in [0.2, 0.25) is 0 Å². The molecule has 0 radical (unpaired) electrons. The van der Waals surface area contributed by atoms with Crippen LogP contribution in [0.1, 0.15) is 30.5 Å². The lowest BCUT2D eigenvalue weighted by Gasteiger charge is -2.23. The van der Waals surface area contributed by atoms with Crippen molar-refractivity contribution < 1.29 is 21.2 Å². The first-order valence-corrected chi connectivity index (χ1v) is 13.3. The maximum atomic E-state index is 14.0. The Bertz CT molecular complexity index is 1410. The number of nitrogens with one attached hydrogen (secondary N) is 1. The predicted octanol–water partition coefficient (Wildman–Crippen LogP) is 4.13. The second-order valence-electron chi connectivity index (χ2n) is 7.46. The summed E-state index contributed by atoms with van der Waals surface area (Å²) in [5, 5.41) is 4.42. The van der Waals surface area contributed by atoms with E-state index in [2.05, 4.69) is 9.82 Å². The molecule has 33 heavy (non-hydrogen) atoms. The fraction of sp³-hybridized carbons (Fsp3) is 0.174. The van der Waals surface area contributed by atoms with Crippen LogP contribution in [0.4, 0.5) is 10.1 Å². The number of hydrogen-bond acceptors (Lipinski definition) is 5. The van der Waals surface area contributed by atoms with E-state index in [4.69, 9.17) is 0 Å². The van der Waals surface area contributed by atoms with Crippen molar-refractivity contribution in [1.29, 1.82) is 0 Å². The molecule has 1 heterocycles. The SMILES string of the molecule is CCS(=O)(=O)Nc1ccccc1C1=NN(S(=O)(=O)c2ccccc2)C(c2cccc(F)c2)C1. The molecule has 3 aromatic rings. The molecule has 0 spiro atoms. The Morgan fingerprint density at radius 1 is 0.970 bits per heavy atom. The molecule has 0 amide bonds. The van der Waals surface area contributed by atoms with Crippen LogP contribution in [-0.2, 0) is 20.0 Å². The summed E-state index contributed by atoms with van der Waals surface area (Å²) >= 11 is 0. The largest absolute Gasteiger partial charge is 0.283 e. The Kier molecular flexibility index (Phi) is 6.22. The molecular weight excluding hydrogens is 465 g/mol. The highest BCUT2D eigenvalue weighted by Gasteiger charge is 2.38. The van der Waals surface area contributed by atoms with Crippen molar-refractivity contribution in [3.63, 3.8) is 0 Å². The average molecular weight is 488 g/mol. The molecule has 1 atom stereocenters. The molecule has 1 aliphatic rings. The second kappa shape index (κ2) is 8.95. The quantitative estimate of drug-likeness (QED) is 0.542. The molecule has 3 aromatic carbocycles. The van der Waals surface area contributed by atoms with Gasteiger partial charge in [-0.25, -0.2) is 12.8 Å². The lowest BCUT2D eigenvalue weighted by atomic mass is 9.98. The Labute approximate surface area is 192 Å². The van der Waals surface area contributed by atoms with Gasteiger partial charge in [-0.3, -0.25) is 4.72 Å². The van der Waals surface area contributed by atoms with Crippen molar-refractivity contribution in [3.05, 3.63) is 95.8 Å². The summed E-state index contributed by atoms with van der Waals surface area (Å²) in [5.41, 5.74) is 1.58. The number of hydrazone groups is 1. The molecule has 172 valence electrons. The molecule has 4 rings (SSSR count). The van der Waals surface area contributed by atoms with Gasteiger partial charge in [0.15, 0.2) is 0 Å². The highest BCUT2D eigenvalue weighted by molar-refractivity contribution is 7.92. The molecular formula is C23H22FN3O4S2. The number of anilines is 1. The minimum Gasteiger partial charge on any atom is -0.283 e. The molecule has 1 N–H and O–H groups in total. The van der Waals surface area contributed by atoms with Gasteiger partial charge in [-0.2, -0.15) is 17.9 Å². The minimum absolute atomic E-state index is 0.0522. The molecule has 1 unspecified atom stereocenters. The van der Waals surface area contributed by atoms with E-state index in [-0.39, 0.29) is 17.1 Å². The molecule has 0 saturated carbocycles. The molecule has 10 heteroatoms. The van der Waals surface area contributed by atoms with Gasteiger partial charge in [-0.05, 0) is 42.8 Å². The normalized spacial score (nSPS) is 16.5. The standard InChI is InChI=1S/C23H22FN3O4S2/c1-2-32(28,29)26-21-14-7-6-13-20(21)22-16-23(17-9-8-10-18(24)15-17)27(25-22)33(30,31)19-11-4-3-5-12-19/h3-15,23,26H,2,16H2,1H3. The van der Waals surface area contributed by atoms with Crippen LogP contribution in [0.5, 0.6) is 0 Å². The number of halogens is 1. The summed E-state index contributed by atoms with van der Waals surface area (Å²) in [6.45, 7) is 1.52. The Hall–Kier alpha value is -3.24. The van der Waals surface area contributed by atoms with Gasteiger partial charge < -0.3 is 0 Å². The van der Waals surface area contributed by atoms with Crippen molar-refractivity contribution in [2.24, 2.45) is 5.10 Å². The number of rotatable bonds is 7. The number of nitrogens with zero attached hydrogens (tertiary/aromatic N) is 2. The van der Waals surface area contributed by atoms with E-state index in [1.54, 1.807) is 48.5 Å². The summed E-state index contributed by atoms with van der Waals surface area (Å²) in [6, 6.07) is 19.4. The summed E-state index contributed by atoms with van der Waals surface area (Å²) in [6.07, 6.45) is 0.139. The van der Waals surface area contributed by atoms with Gasteiger partial charge in [-0.15, -0.1) is 0 Å². The molecule has 7 nitrogen and oxygen atoms in total. The highest BCUT2D eigenvalue weighted by atomic mass is 32.2. The molecule has 0 saturated heterocycles.